The summed E-state index contributed by atoms with van der Waals surface area (Å²) >= 11 is 6.14. The minimum atomic E-state index is -0.359. The van der Waals surface area contributed by atoms with Gasteiger partial charge in [-0.2, -0.15) is 4.98 Å². The number of para-hydroxylation sites is 1. The first kappa shape index (κ1) is 16.2. The SMILES string of the molecule is Cc1cc(Nc2ccc(C)c(Cl)c2)nc(Nc2ccccc2F)n1. The summed E-state index contributed by atoms with van der Waals surface area (Å²) in [7, 11) is 0. The van der Waals surface area contributed by atoms with E-state index in [1.807, 2.05) is 32.0 Å². The van der Waals surface area contributed by atoms with Gasteiger partial charge in [0.15, 0.2) is 0 Å². The molecule has 0 fully saturated rings. The van der Waals surface area contributed by atoms with E-state index in [0.29, 0.717) is 22.5 Å². The summed E-state index contributed by atoms with van der Waals surface area (Å²) in [6.45, 7) is 3.79. The number of aromatic nitrogens is 2. The van der Waals surface area contributed by atoms with E-state index in [-0.39, 0.29) is 5.82 Å². The molecular formula is C18H16ClFN4. The van der Waals surface area contributed by atoms with Crippen molar-refractivity contribution >= 4 is 34.7 Å². The molecule has 0 atom stereocenters. The number of anilines is 4. The van der Waals surface area contributed by atoms with Crippen LogP contribution in [0.15, 0.2) is 48.5 Å². The van der Waals surface area contributed by atoms with Crippen molar-refractivity contribution in [2.24, 2.45) is 0 Å². The fraction of sp³-hybridized carbons (Fsp3) is 0.111. The average molecular weight is 343 g/mol. The summed E-state index contributed by atoms with van der Waals surface area (Å²) < 4.78 is 13.8. The number of nitrogens with one attached hydrogen (secondary N) is 2. The molecule has 24 heavy (non-hydrogen) atoms. The van der Waals surface area contributed by atoms with Crippen molar-refractivity contribution in [3.8, 4) is 0 Å². The van der Waals surface area contributed by atoms with E-state index in [1.165, 1.54) is 6.07 Å². The lowest BCUT2D eigenvalue weighted by Crippen LogP contribution is -2.03. The molecule has 122 valence electrons. The third-order valence-corrected chi connectivity index (χ3v) is 3.83. The molecule has 0 unspecified atom stereocenters. The summed E-state index contributed by atoms with van der Waals surface area (Å²) in [6.07, 6.45) is 0. The lowest BCUT2D eigenvalue weighted by molar-refractivity contribution is 0.631. The van der Waals surface area contributed by atoms with Gasteiger partial charge in [0.05, 0.1) is 5.69 Å². The maximum Gasteiger partial charge on any atom is 0.229 e. The second-order valence-electron chi connectivity index (χ2n) is 5.41. The molecule has 6 heteroatoms. The highest BCUT2D eigenvalue weighted by molar-refractivity contribution is 6.31. The van der Waals surface area contributed by atoms with Crippen LogP contribution in [0.1, 0.15) is 11.3 Å². The molecule has 0 aliphatic carbocycles. The highest BCUT2D eigenvalue weighted by atomic mass is 35.5. The Bertz CT molecular complexity index is 883. The summed E-state index contributed by atoms with van der Waals surface area (Å²) in [6, 6.07) is 13.9. The number of hydrogen-bond acceptors (Lipinski definition) is 4. The molecule has 0 bridgehead atoms. The van der Waals surface area contributed by atoms with Crippen LogP contribution in [0.25, 0.3) is 0 Å². The fourth-order valence-corrected chi connectivity index (χ4v) is 2.37. The number of aryl methyl sites for hydroxylation is 2. The first-order valence-corrected chi connectivity index (χ1v) is 7.79. The highest BCUT2D eigenvalue weighted by Gasteiger charge is 2.07. The van der Waals surface area contributed by atoms with Crippen LogP contribution in [0.3, 0.4) is 0 Å². The maximum absolute atomic E-state index is 13.8. The van der Waals surface area contributed by atoms with Crippen molar-refractivity contribution in [3.63, 3.8) is 0 Å². The lowest BCUT2D eigenvalue weighted by Gasteiger charge is -2.11. The van der Waals surface area contributed by atoms with E-state index < -0.39 is 0 Å². The predicted molar refractivity (Wildman–Crippen MR) is 95.9 cm³/mol. The van der Waals surface area contributed by atoms with Crippen molar-refractivity contribution in [3.05, 3.63) is 70.6 Å². The van der Waals surface area contributed by atoms with Crippen LogP contribution in [0, 0.1) is 19.7 Å². The standard InChI is InChI=1S/C18H16ClFN4/c1-11-7-8-13(10-14(11)19)22-17-9-12(2)21-18(24-17)23-16-6-4-3-5-15(16)20/h3-10H,1-2H3,(H2,21,22,23,24). The largest absolute Gasteiger partial charge is 0.340 e. The van der Waals surface area contributed by atoms with E-state index in [1.54, 1.807) is 24.3 Å². The Morgan fingerprint density at radius 1 is 0.958 bits per heavy atom. The highest BCUT2D eigenvalue weighted by Crippen LogP contribution is 2.24. The van der Waals surface area contributed by atoms with E-state index in [4.69, 9.17) is 11.6 Å². The normalized spacial score (nSPS) is 10.5. The van der Waals surface area contributed by atoms with Crippen LogP contribution >= 0.6 is 11.6 Å². The second kappa shape index (κ2) is 6.84. The number of halogens is 2. The van der Waals surface area contributed by atoms with Crippen molar-refractivity contribution in [2.45, 2.75) is 13.8 Å². The van der Waals surface area contributed by atoms with Crippen molar-refractivity contribution in [1.29, 1.82) is 0 Å². The molecule has 2 aromatic carbocycles. The van der Waals surface area contributed by atoms with E-state index in [0.717, 1.165) is 16.9 Å². The molecule has 1 heterocycles. The Hall–Kier alpha value is -2.66. The van der Waals surface area contributed by atoms with Gasteiger partial charge in [-0.15, -0.1) is 0 Å². The molecule has 0 amide bonds. The van der Waals surface area contributed by atoms with E-state index >= 15 is 0 Å². The predicted octanol–water partition coefficient (Wildman–Crippen LogP) is 5.37. The van der Waals surface area contributed by atoms with E-state index in [2.05, 4.69) is 20.6 Å². The van der Waals surface area contributed by atoms with Gasteiger partial charge in [-0.1, -0.05) is 29.8 Å². The molecule has 0 aliphatic heterocycles. The first-order valence-electron chi connectivity index (χ1n) is 7.42. The van der Waals surface area contributed by atoms with Crippen molar-refractivity contribution < 1.29 is 4.39 Å². The minimum Gasteiger partial charge on any atom is -0.340 e. The summed E-state index contributed by atoms with van der Waals surface area (Å²) in [4.78, 5) is 8.66. The molecule has 3 rings (SSSR count). The van der Waals surface area contributed by atoms with Crippen LogP contribution in [0.4, 0.5) is 27.5 Å². The fourth-order valence-electron chi connectivity index (χ4n) is 2.19. The topological polar surface area (TPSA) is 49.8 Å². The van der Waals surface area contributed by atoms with Gasteiger partial charge in [0, 0.05) is 22.5 Å². The van der Waals surface area contributed by atoms with Gasteiger partial charge < -0.3 is 10.6 Å². The summed E-state index contributed by atoms with van der Waals surface area (Å²) in [5.41, 5.74) is 2.90. The van der Waals surface area contributed by atoms with E-state index in [9.17, 15) is 4.39 Å². The molecule has 0 radical (unpaired) electrons. The number of rotatable bonds is 4. The van der Waals surface area contributed by atoms with Gasteiger partial charge in [0.25, 0.3) is 0 Å². The Morgan fingerprint density at radius 3 is 2.50 bits per heavy atom. The average Bonchev–Trinajstić information content (AvgIpc) is 2.53. The van der Waals surface area contributed by atoms with Crippen LogP contribution in [-0.4, -0.2) is 9.97 Å². The van der Waals surface area contributed by atoms with Gasteiger partial charge in [-0.25, -0.2) is 9.37 Å². The molecule has 0 spiro atoms. The van der Waals surface area contributed by atoms with Crippen LogP contribution in [-0.2, 0) is 0 Å². The zero-order valence-electron chi connectivity index (χ0n) is 13.3. The van der Waals surface area contributed by atoms with Gasteiger partial charge in [0.2, 0.25) is 5.95 Å². The molecule has 2 N–H and O–H groups in total. The van der Waals surface area contributed by atoms with Gasteiger partial charge in [0.1, 0.15) is 11.6 Å². The van der Waals surface area contributed by atoms with Gasteiger partial charge in [-0.3, -0.25) is 0 Å². The zero-order chi connectivity index (χ0) is 17.1. The Kier molecular flexibility index (Phi) is 4.62. The zero-order valence-corrected chi connectivity index (χ0v) is 14.0. The van der Waals surface area contributed by atoms with Crippen molar-refractivity contribution in [1.82, 2.24) is 9.97 Å². The maximum atomic E-state index is 13.8. The quantitative estimate of drug-likeness (QED) is 0.669. The van der Waals surface area contributed by atoms with Crippen molar-refractivity contribution in [2.75, 3.05) is 10.6 Å². The Balaban J connectivity index is 1.86. The number of benzene rings is 2. The summed E-state index contributed by atoms with van der Waals surface area (Å²) in [5.74, 6) is 0.560. The third-order valence-electron chi connectivity index (χ3n) is 3.42. The smallest absolute Gasteiger partial charge is 0.229 e. The molecule has 0 saturated carbocycles. The molecule has 0 saturated heterocycles. The Morgan fingerprint density at radius 2 is 1.75 bits per heavy atom. The monoisotopic (exact) mass is 342 g/mol. The van der Waals surface area contributed by atoms with Gasteiger partial charge >= 0.3 is 0 Å². The first-order chi connectivity index (χ1) is 11.5. The number of nitrogens with zero attached hydrogens (tertiary/aromatic N) is 2. The molecule has 1 aromatic heterocycles. The second-order valence-corrected chi connectivity index (χ2v) is 5.82. The lowest BCUT2D eigenvalue weighted by atomic mass is 10.2. The van der Waals surface area contributed by atoms with Gasteiger partial charge in [-0.05, 0) is 43.7 Å². The molecule has 4 nitrogen and oxygen atoms in total. The minimum absolute atomic E-state index is 0.320. The molecule has 0 aliphatic rings. The van der Waals surface area contributed by atoms with Crippen LogP contribution in [0.2, 0.25) is 5.02 Å². The summed E-state index contributed by atoms with van der Waals surface area (Å²) in [5, 5.41) is 6.76. The van der Waals surface area contributed by atoms with Crippen LogP contribution < -0.4 is 10.6 Å². The number of hydrogen-bond donors (Lipinski definition) is 2. The molecular weight excluding hydrogens is 327 g/mol. The third kappa shape index (κ3) is 3.81. The molecule has 3 aromatic rings. The van der Waals surface area contributed by atoms with Crippen LogP contribution in [0.5, 0.6) is 0 Å². The Labute approximate surface area is 144 Å².